The molecule has 0 N–H and O–H groups in total. The number of nitrogens with zero attached hydrogens (tertiary/aromatic N) is 2. The second-order valence-corrected chi connectivity index (χ2v) is 5.09. The van der Waals surface area contributed by atoms with Crippen LogP contribution in [0.15, 0.2) is 30.3 Å². The zero-order valence-electron chi connectivity index (χ0n) is 12.0. The Bertz CT molecular complexity index is 651. The molecule has 3 rings (SSSR count). The fraction of sp³-hybridized carbons (Fsp3) is 0.375. The van der Waals surface area contributed by atoms with E-state index in [0.29, 0.717) is 32.1 Å². The quantitative estimate of drug-likeness (QED) is 0.863. The molecule has 0 saturated carbocycles. The third kappa shape index (κ3) is 3.31. The maximum absolute atomic E-state index is 12.0. The van der Waals surface area contributed by atoms with Gasteiger partial charge in [0.05, 0.1) is 18.7 Å². The Labute approximate surface area is 123 Å². The Morgan fingerprint density at radius 1 is 1.29 bits per heavy atom. The van der Waals surface area contributed by atoms with E-state index >= 15 is 0 Å². The van der Waals surface area contributed by atoms with Crippen molar-refractivity contribution in [2.45, 2.75) is 6.92 Å². The number of amides is 1. The van der Waals surface area contributed by atoms with Crippen LogP contribution in [0.3, 0.4) is 0 Å². The van der Waals surface area contributed by atoms with Crippen molar-refractivity contribution in [1.29, 1.82) is 0 Å². The van der Waals surface area contributed by atoms with Crippen molar-refractivity contribution in [2.75, 3.05) is 32.9 Å². The van der Waals surface area contributed by atoms with Gasteiger partial charge in [-0.3, -0.25) is 9.78 Å². The number of rotatable bonds is 3. The molecule has 2 aromatic rings. The van der Waals surface area contributed by atoms with Gasteiger partial charge >= 0.3 is 0 Å². The normalized spacial score (nSPS) is 15.2. The maximum atomic E-state index is 12.0. The van der Waals surface area contributed by atoms with Gasteiger partial charge in [-0.1, -0.05) is 6.07 Å². The molecule has 0 atom stereocenters. The molecule has 0 radical (unpaired) electrons. The number of benzene rings is 1. The average molecular weight is 286 g/mol. The van der Waals surface area contributed by atoms with E-state index in [1.807, 2.05) is 37.3 Å². The van der Waals surface area contributed by atoms with E-state index in [1.165, 1.54) is 0 Å². The van der Waals surface area contributed by atoms with Crippen LogP contribution in [0.4, 0.5) is 0 Å². The minimum atomic E-state index is 0.000396. The molecule has 110 valence electrons. The summed E-state index contributed by atoms with van der Waals surface area (Å²) >= 11 is 0. The minimum Gasteiger partial charge on any atom is -0.484 e. The number of carbonyl (C=O) groups excluding carboxylic acids is 1. The predicted octanol–water partition coefficient (Wildman–Crippen LogP) is 1.78. The summed E-state index contributed by atoms with van der Waals surface area (Å²) in [5, 5.41) is 1.01. The first-order chi connectivity index (χ1) is 10.2. The van der Waals surface area contributed by atoms with Crippen molar-refractivity contribution in [1.82, 2.24) is 9.88 Å². The monoisotopic (exact) mass is 286 g/mol. The van der Waals surface area contributed by atoms with Crippen LogP contribution in [0.1, 0.15) is 5.69 Å². The summed E-state index contributed by atoms with van der Waals surface area (Å²) < 4.78 is 10.8. The van der Waals surface area contributed by atoms with Gasteiger partial charge in [-0.05, 0) is 31.2 Å². The number of aryl methyl sites for hydroxylation is 1. The summed E-state index contributed by atoms with van der Waals surface area (Å²) in [7, 11) is 0. The van der Waals surface area contributed by atoms with Gasteiger partial charge in [-0.25, -0.2) is 0 Å². The Hall–Kier alpha value is -2.14. The van der Waals surface area contributed by atoms with Crippen LogP contribution in [-0.4, -0.2) is 48.7 Å². The Kier molecular flexibility index (Phi) is 4.01. The fourth-order valence-electron chi connectivity index (χ4n) is 2.34. The summed E-state index contributed by atoms with van der Waals surface area (Å²) in [5.74, 6) is 0.690. The van der Waals surface area contributed by atoms with Gasteiger partial charge in [-0.2, -0.15) is 0 Å². The van der Waals surface area contributed by atoms with Gasteiger partial charge in [0.2, 0.25) is 0 Å². The third-order valence-electron chi connectivity index (χ3n) is 3.53. The topological polar surface area (TPSA) is 51.7 Å². The van der Waals surface area contributed by atoms with Crippen LogP contribution < -0.4 is 4.74 Å². The van der Waals surface area contributed by atoms with Crippen molar-refractivity contribution >= 4 is 16.8 Å². The van der Waals surface area contributed by atoms with E-state index in [1.54, 1.807) is 4.90 Å². The SMILES string of the molecule is Cc1ccc2cc(OCC(=O)N3CCOCC3)ccc2n1. The number of ether oxygens (including phenoxy) is 2. The lowest BCUT2D eigenvalue weighted by Crippen LogP contribution is -2.42. The molecule has 1 aliphatic rings. The lowest BCUT2D eigenvalue weighted by atomic mass is 10.2. The van der Waals surface area contributed by atoms with Gasteiger partial charge < -0.3 is 14.4 Å². The molecule has 5 heteroatoms. The van der Waals surface area contributed by atoms with Crippen LogP contribution in [0.2, 0.25) is 0 Å². The van der Waals surface area contributed by atoms with E-state index in [0.717, 1.165) is 16.6 Å². The van der Waals surface area contributed by atoms with Crippen LogP contribution in [0.25, 0.3) is 10.9 Å². The average Bonchev–Trinajstić information content (AvgIpc) is 2.53. The second kappa shape index (κ2) is 6.10. The first-order valence-corrected chi connectivity index (χ1v) is 7.08. The summed E-state index contributed by atoms with van der Waals surface area (Å²) in [6.45, 7) is 4.52. The number of morpholine rings is 1. The molecule has 21 heavy (non-hydrogen) atoms. The molecule has 1 saturated heterocycles. The Morgan fingerprint density at radius 2 is 2.10 bits per heavy atom. The van der Waals surface area contributed by atoms with E-state index in [4.69, 9.17) is 9.47 Å². The zero-order chi connectivity index (χ0) is 14.7. The van der Waals surface area contributed by atoms with Crippen molar-refractivity contribution in [3.05, 3.63) is 36.0 Å². The van der Waals surface area contributed by atoms with Gasteiger partial charge in [0, 0.05) is 24.2 Å². The van der Waals surface area contributed by atoms with E-state index in [-0.39, 0.29) is 12.5 Å². The number of carbonyl (C=O) groups is 1. The number of hydrogen-bond donors (Lipinski definition) is 0. The van der Waals surface area contributed by atoms with E-state index < -0.39 is 0 Å². The van der Waals surface area contributed by atoms with Crippen molar-refractivity contribution in [3.8, 4) is 5.75 Å². The third-order valence-corrected chi connectivity index (χ3v) is 3.53. The lowest BCUT2D eigenvalue weighted by Gasteiger charge is -2.26. The van der Waals surface area contributed by atoms with Crippen LogP contribution in [-0.2, 0) is 9.53 Å². The summed E-state index contributed by atoms with van der Waals surface area (Å²) in [4.78, 5) is 18.2. The maximum Gasteiger partial charge on any atom is 0.260 e. The molecule has 2 heterocycles. The minimum absolute atomic E-state index is 0.000396. The predicted molar refractivity (Wildman–Crippen MR) is 79.4 cm³/mol. The van der Waals surface area contributed by atoms with Crippen molar-refractivity contribution in [2.24, 2.45) is 0 Å². The highest BCUT2D eigenvalue weighted by Gasteiger charge is 2.17. The van der Waals surface area contributed by atoms with Gasteiger partial charge in [0.1, 0.15) is 5.75 Å². The number of aromatic nitrogens is 1. The molecule has 1 aromatic carbocycles. The van der Waals surface area contributed by atoms with Crippen LogP contribution in [0, 0.1) is 6.92 Å². The van der Waals surface area contributed by atoms with Crippen molar-refractivity contribution in [3.63, 3.8) is 0 Å². The van der Waals surface area contributed by atoms with Gasteiger partial charge in [-0.15, -0.1) is 0 Å². The largest absolute Gasteiger partial charge is 0.484 e. The molecule has 0 spiro atoms. The highest BCUT2D eigenvalue weighted by atomic mass is 16.5. The van der Waals surface area contributed by atoms with Crippen LogP contribution in [0.5, 0.6) is 5.75 Å². The Balaban J connectivity index is 1.64. The molecule has 1 aromatic heterocycles. The Morgan fingerprint density at radius 3 is 2.90 bits per heavy atom. The number of fused-ring (bicyclic) bond motifs is 1. The first-order valence-electron chi connectivity index (χ1n) is 7.08. The second-order valence-electron chi connectivity index (χ2n) is 5.09. The van der Waals surface area contributed by atoms with Gasteiger partial charge in [0.25, 0.3) is 5.91 Å². The van der Waals surface area contributed by atoms with Crippen LogP contribution >= 0.6 is 0 Å². The fourth-order valence-corrected chi connectivity index (χ4v) is 2.34. The van der Waals surface area contributed by atoms with Crippen molar-refractivity contribution < 1.29 is 14.3 Å². The number of hydrogen-bond acceptors (Lipinski definition) is 4. The highest BCUT2D eigenvalue weighted by molar-refractivity contribution is 5.81. The molecule has 0 aliphatic carbocycles. The van der Waals surface area contributed by atoms with E-state index in [9.17, 15) is 4.79 Å². The zero-order valence-corrected chi connectivity index (χ0v) is 12.0. The first kappa shape index (κ1) is 13.8. The molecule has 0 bridgehead atoms. The molecule has 0 unspecified atom stereocenters. The molecule has 1 fully saturated rings. The number of pyridine rings is 1. The lowest BCUT2D eigenvalue weighted by molar-refractivity contribution is -0.137. The molecule has 1 aliphatic heterocycles. The smallest absolute Gasteiger partial charge is 0.260 e. The van der Waals surface area contributed by atoms with Gasteiger partial charge in [0.15, 0.2) is 6.61 Å². The standard InChI is InChI=1S/C16H18N2O3/c1-12-2-3-13-10-14(4-5-15(13)17-12)21-11-16(19)18-6-8-20-9-7-18/h2-5,10H,6-9,11H2,1H3. The summed E-state index contributed by atoms with van der Waals surface area (Å²) in [6, 6.07) is 9.64. The summed E-state index contributed by atoms with van der Waals surface area (Å²) in [6.07, 6.45) is 0. The molecule has 5 nitrogen and oxygen atoms in total. The summed E-state index contributed by atoms with van der Waals surface area (Å²) in [5.41, 5.74) is 1.92. The molecule has 1 amide bonds. The molecular weight excluding hydrogens is 268 g/mol. The molecular formula is C16H18N2O3. The van der Waals surface area contributed by atoms with E-state index in [2.05, 4.69) is 4.98 Å². The highest BCUT2D eigenvalue weighted by Crippen LogP contribution is 2.19.